The molecule has 1 aromatic carbocycles. The van der Waals surface area contributed by atoms with E-state index >= 15 is 0 Å². The van der Waals surface area contributed by atoms with Crippen molar-refractivity contribution in [3.8, 4) is 5.75 Å². The molecule has 21 heavy (non-hydrogen) atoms. The van der Waals surface area contributed by atoms with Crippen molar-refractivity contribution in [2.75, 3.05) is 13.7 Å². The van der Waals surface area contributed by atoms with Gasteiger partial charge in [-0.25, -0.2) is 0 Å². The van der Waals surface area contributed by atoms with Gasteiger partial charge in [0.05, 0.1) is 12.7 Å². The van der Waals surface area contributed by atoms with Crippen LogP contribution in [-0.4, -0.2) is 25.4 Å². The fourth-order valence-electron chi connectivity index (χ4n) is 3.88. The zero-order chi connectivity index (χ0) is 14.7. The Labute approximate surface area is 128 Å². The minimum absolute atomic E-state index is 0.190. The third-order valence-electron chi connectivity index (χ3n) is 5.11. The Bertz CT molecular complexity index is 451. The van der Waals surface area contributed by atoms with Crippen LogP contribution in [0.4, 0.5) is 0 Å². The smallest absolute Gasteiger partial charge is 0.118 e. The standard InChI is InChI=1S/C18H27NO2/c1-14(15-5-7-17(20-2)8-6-15)19-16-9-12-21-18(13-16)10-3-4-11-18/h5-8,14,16,19H,3-4,9-13H2,1-2H3/t14-,16?/m0/s1. The number of hydrogen-bond donors (Lipinski definition) is 1. The molecule has 2 aliphatic rings. The molecule has 1 saturated carbocycles. The third kappa shape index (κ3) is 3.41. The van der Waals surface area contributed by atoms with E-state index in [2.05, 4.69) is 24.4 Å². The molecule has 1 saturated heterocycles. The first kappa shape index (κ1) is 14.9. The highest BCUT2D eigenvalue weighted by molar-refractivity contribution is 5.28. The van der Waals surface area contributed by atoms with E-state index in [0.29, 0.717) is 12.1 Å². The highest BCUT2D eigenvalue weighted by Gasteiger charge is 2.40. The fraction of sp³-hybridized carbons (Fsp3) is 0.667. The molecular weight excluding hydrogens is 262 g/mol. The lowest BCUT2D eigenvalue weighted by atomic mass is 9.88. The van der Waals surface area contributed by atoms with Crippen molar-refractivity contribution in [3.63, 3.8) is 0 Å². The first-order chi connectivity index (χ1) is 10.2. The Morgan fingerprint density at radius 3 is 2.62 bits per heavy atom. The number of rotatable bonds is 4. The molecule has 3 nitrogen and oxygen atoms in total. The highest BCUT2D eigenvalue weighted by atomic mass is 16.5. The average Bonchev–Trinajstić information content (AvgIpc) is 2.95. The number of benzene rings is 1. The summed E-state index contributed by atoms with van der Waals surface area (Å²) in [5, 5.41) is 3.80. The van der Waals surface area contributed by atoms with Gasteiger partial charge in [-0.1, -0.05) is 25.0 Å². The van der Waals surface area contributed by atoms with E-state index < -0.39 is 0 Å². The second-order valence-corrected chi connectivity index (χ2v) is 6.59. The van der Waals surface area contributed by atoms with E-state index in [1.165, 1.54) is 37.7 Å². The molecule has 0 aromatic heterocycles. The summed E-state index contributed by atoms with van der Waals surface area (Å²) in [6.45, 7) is 3.16. The van der Waals surface area contributed by atoms with Gasteiger partial charge in [-0.05, 0) is 50.3 Å². The second-order valence-electron chi connectivity index (χ2n) is 6.59. The van der Waals surface area contributed by atoms with Crippen LogP contribution in [0.15, 0.2) is 24.3 Å². The summed E-state index contributed by atoms with van der Waals surface area (Å²) in [5.41, 5.74) is 1.51. The lowest BCUT2D eigenvalue weighted by Gasteiger charge is -2.39. The molecule has 1 aliphatic carbocycles. The van der Waals surface area contributed by atoms with Crippen LogP contribution < -0.4 is 10.1 Å². The largest absolute Gasteiger partial charge is 0.497 e. The van der Waals surface area contributed by atoms with Crippen LogP contribution in [0.3, 0.4) is 0 Å². The van der Waals surface area contributed by atoms with Gasteiger partial charge in [0.1, 0.15) is 5.75 Å². The van der Waals surface area contributed by atoms with Gasteiger partial charge in [0.25, 0.3) is 0 Å². The van der Waals surface area contributed by atoms with Crippen LogP contribution in [0.1, 0.15) is 57.1 Å². The van der Waals surface area contributed by atoms with Gasteiger partial charge in [-0.15, -0.1) is 0 Å². The SMILES string of the molecule is COc1ccc([C@H](C)NC2CCOC3(CCCC3)C2)cc1. The monoisotopic (exact) mass is 289 g/mol. The topological polar surface area (TPSA) is 30.5 Å². The van der Waals surface area contributed by atoms with E-state index in [-0.39, 0.29) is 5.60 Å². The summed E-state index contributed by atoms with van der Waals surface area (Å²) in [6, 6.07) is 9.33. The zero-order valence-electron chi connectivity index (χ0n) is 13.2. The molecule has 1 aromatic rings. The number of hydrogen-bond acceptors (Lipinski definition) is 3. The lowest BCUT2D eigenvalue weighted by molar-refractivity contribution is -0.0846. The number of ether oxygens (including phenoxy) is 2. The molecule has 2 atom stereocenters. The Morgan fingerprint density at radius 1 is 1.24 bits per heavy atom. The van der Waals surface area contributed by atoms with Gasteiger partial charge in [-0.3, -0.25) is 0 Å². The van der Waals surface area contributed by atoms with E-state index in [0.717, 1.165) is 18.8 Å². The van der Waals surface area contributed by atoms with Crippen molar-refractivity contribution in [2.45, 2.75) is 63.1 Å². The van der Waals surface area contributed by atoms with Gasteiger partial charge < -0.3 is 14.8 Å². The zero-order valence-corrected chi connectivity index (χ0v) is 13.2. The van der Waals surface area contributed by atoms with Gasteiger partial charge in [-0.2, -0.15) is 0 Å². The minimum Gasteiger partial charge on any atom is -0.497 e. The maximum Gasteiger partial charge on any atom is 0.118 e. The van der Waals surface area contributed by atoms with Crippen molar-refractivity contribution < 1.29 is 9.47 Å². The van der Waals surface area contributed by atoms with Crippen molar-refractivity contribution in [2.24, 2.45) is 0 Å². The molecule has 3 rings (SSSR count). The molecule has 1 heterocycles. The Balaban J connectivity index is 1.59. The maximum atomic E-state index is 6.12. The molecule has 0 radical (unpaired) electrons. The van der Waals surface area contributed by atoms with Gasteiger partial charge in [0.2, 0.25) is 0 Å². The summed E-state index contributed by atoms with van der Waals surface area (Å²) in [5.74, 6) is 0.918. The van der Waals surface area contributed by atoms with Crippen LogP contribution >= 0.6 is 0 Å². The third-order valence-corrected chi connectivity index (χ3v) is 5.11. The number of nitrogens with one attached hydrogen (secondary N) is 1. The molecular formula is C18H27NO2. The fourth-order valence-corrected chi connectivity index (χ4v) is 3.88. The van der Waals surface area contributed by atoms with Crippen LogP contribution in [0.5, 0.6) is 5.75 Å². The van der Waals surface area contributed by atoms with Crippen LogP contribution in [0, 0.1) is 0 Å². The van der Waals surface area contributed by atoms with E-state index in [1.807, 2.05) is 12.1 Å². The summed E-state index contributed by atoms with van der Waals surface area (Å²) in [7, 11) is 1.71. The number of methoxy groups -OCH3 is 1. The molecule has 0 bridgehead atoms. The molecule has 116 valence electrons. The quantitative estimate of drug-likeness (QED) is 0.913. The lowest BCUT2D eigenvalue weighted by Crippen LogP contribution is -2.46. The first-order valence-corrected chi connectivity index (χ1v) is 8.25. The summed E-state index contributed by atoms with van der Waals surface area (Å²) < 4.78 is 11.3. The van der Waals surface area contributed by atoms with Crippen LogP contribution in [-0.2, 0) is 4.74 Å². The van der Waals surface area contributed by atoms with Crippen molar-refractivity contribution in [1.29, 1.82) is 0 Å². The molecule has 1 aliphatic heterocycles. The normalized spacial score (nSPS) is 25.9. The van der Waals surface area contributed by atoms with E-state index in [1.54, 1.807) is 7.11 Å². The molecule has 1 N–H and O–H groups in total. The van der Waals surface area contributed by atoms with Crippen molar-refractivity contribution in [1.82, 2.24) is 5.32 Å². The molecule has 3 heteroatoms. The minimum atomic E-state index is 0.190. The predicted octanol–water partition coefficient (Wildman–Crippen LogP) is 3.84. The summed E-state index contributed by atoms with van der Waals surface area (Å²) in [6.07, 6.45) is 7.47. The predicted molar refractivity (Wildman–Crippen MR) is 84.7 cm³/mol. The average molecular weight is 289 g/mol. The van der Waals surface area contributed by atoms with Crippen LogP contribution in [0.25, 0.3) is 0 Å². The van der Waals surface area contributed by atoms with Gasteiger partial charge >= 0.3 is 0 Å². The Morgan fingerprint density at radius 2 is 1.95 bits per heavy atom. The molecule has 1 spiro atoms. The van der Waals surface area contributed by atoms with E-state index in [4.69, 9.17) is 9.47 Å². The van der Waals surface area contributed by atoms with Gasteiger partial charge in [0, 0.05) is 18.7 Å². The van der Waals surface area contributed by atoms with Crippen molar-refractivity contribution >= 4 is 0 Å². The summed E-state index contributed by atoms with van der Waals surface area (Å²) in [4.78, 5) is 0. The second kappa shape index (κ2) is 6.37. The molecule has 1 unspecified atom stereocenters. The Kier molecular flexibility index (Phi) is 4.51. The molecule has 0 amide bonds. The first-order valence-electron chi connectivity index (χ1n) is 8.25. The summed E-state index contributed by atoms with van der Waals surface area (Å²) >= 11 is 0. The van der Waals surface area contributed by atoms with Crippen molar-refractivity contribution in [3.05, 3.63) is 29.8 Å². The molecule has 2 fully saturated rings. The van der Waals surface area contributed by atoms with E-state index in [9.17, 15) is 0 Å². The van der Waals surface area contributed by atoms with Crippen LogP contribution in [0.2, 0.25) is 0 Å². The maximum absolute atomic E-state index is 6.12. The van der Waals surface area contributed by atoms with Gasteiger partial charge in [0.15, 0.2) is 0 Å². The highest BCUT2D eigenvalue weighted by Crippen LogP contribution is 2.40. The Hall–Kier alpha value is -1.06.